The van der Waals surface area contributed by atoms with Gasteiger partial charge in [0.05, 0.1) is 17.9 Å². The lowest BCUT2D eigenvalue weighted by Gasteiger charge is -2.15. The van der Waals surface area contributed by atoms with Crippen molar-refractivity contribution in [1.82, 2.24) is 5.43 Å². The zero-order chi connectivity index (χ0) is 16.4. The van der Waals surface area contributed by atoms with Gasteiger partial charge in [0.25, 0.3) is 0 Å². The van der Waals surface area contributed by atoms with Crippen molar-refractivity contribution in [3.05, 3.63) is 29.3 Å². The molecular formula is C16H20N2O5. The summed E-state index contributed by atoms with van der Waals surface area (Å²) in [5, 5.41) is 9.98. The summed E-state index contributed by atoms with van der Waals surface area (Å²) < 4.78 is 10.8. The molecule has 0 radical (unpaired) electrons. The molecule has 7 heteroatoms. The van der Waals surface area contributed by atoms with Gasteiger partial charge in [-0.05, 0) is 30.5 Å². The molecule has 1 aromatic carbocycles. The molecule has 124 valence electrons. The number of nitrogens with one attached hydrogen (secondary N) is 1. The summed E-state index contributed by atoms with van der Waals surface area (Å²) in [6.45, 7) is 0.198. The number of carbonyl (C=O) groups is 2. The van der Waals surface area contributed by atoms with Crippen molar-refractivity contribution in [2.75, 3.05) is 6.54 Å². The highest BCUT2D eigenvalue weighted by molar-refractivity contribution is 5.84. The average molecular weight is 320 g/mol. The van der Waals surface area contributed by atoms with Crippen molar-refractivity contribution in [3.63, 3.8) is 0 Å². The highest BCUT2D eigenvalue weighted by Gasteiger charge is 2.41. The third-order valence-corrected chi connectivity index (χ3v) is 4.48. The van der Waals surface area contributed by atoms with Gasteiger partial charge >= 0.3 is 11.9 Å². The number of fused-ring (bicyclic) bond motifs is 2. The number of aliphatic hydroxyl groups is 1. The molecule has 0 spiro atoms. The normalized spacial score (nSPS) is 25.3. The average Bonchev–Trinajstić information content (AvgIpc) is 3.03. The summed E-state index contributed by atoms with van der Waals surface area (Å²) in [5.41, 5.74) is 3.56. The lowest BCUT2D eigenvalue weighted by molar-refractivity contribution is -0.155. The van der Waals surface area contributed by atoms with Crippen LogP contribution in [0.3, 0.4) is 0 Å². The summed E-state index contributed by atoms with van der Waals surface area (Å²) in [5.74, 6) is 4.00. The van der Waals surface area contributed by atoms with E-state index in [4.69, 9.17) is 15.3 Å². The Morgan fingerprint density at radius 1 is 1.26 bits per heavy atom. The number of esters is 2. The summed E-state index contributed by atoms with van der Waals surface area (Å²) >= 11 is 0. The second kappa shape index (κ2) is 6.66. The standard InChI is InChI=1S/C16H20N2O5/c17-18-7-13(19)9-4-5-14-10(6-9)8-22-15(20)11-2-1-3-12(11)16(21)23-14/h4-6,11-13,18-19H,1-3,7-8,17H2. The number of nitrogens with two attached hydrogens (primary N) is 1. The van der Waals surface area contributed by atoms with E-state index in [9.17, 15) is 14.7 Å². The van der Waals surface area contributed by atoms with E-state index in [0.717, 1.165) is 6.42 Å². The van der Waals surface area contributed by atoms with Crippen molar-refractivity contribution in [3.8, 4) is 5.75 Å². The first kappa shape index (κ1) is 15.9. The first-order valence-corrected chi connectivity index (χ1v) is 7.73. The third kappa shape index (κ3) is 3.21. The number of hydrogen-bond donors (Lipinski definition) is 3. The van der Waals surface area contributed by atoms with Gasteiger partial charge in [-0.3, -0.25) is 20.9 Å². The molecular weight excluding hydrogens is 300 g/mol. The molecule has 1 heterocycles. The molecule has 4 N–H and O–H groups in total. The minimum atomic E-state index is -0.802. The maximum absolute atomic E-state index is 12.3. The molecule has 0 saturated heterocycles. The quantitative estimate of drug-likeness (QED) is 0.323. The van der Waals surface area contributed by atoms with Gasteiger partial charge in [-0.2, -0.15) is 0 Å². The van der Waals surface area contributed by atoms with Gasteiger partial charge in [0, 0.05) is 12.1 Å². The fourth-order valence-corrected chi connectivity index (χ4v) is 3.21. The lowest BCUT2D eigenvalue weighted by Crippen LogP contribution is -2.28. The Hall–Kier alpha value is -1.96. The molecule has 3 atom stereocenters. The van der Waals surface area contributed by atoms with Crippen LogP contribution >= 0.6 is 0 Å². The van der Waals surface area contributed by atoms with Crippen LogP contribution in [0.4, 0.5) is 0 Å². The Morgan fingerprint density at radius 3 is 2.74 bits per heavy atom. The molecule has 1 fully saturated rings. The second-order valence-electron chi connectivity index (χ2n) is 5.96. The van der Waals surface area contributed by atoms with Crippen LogP contribution in [0.25, 0.3) is 0 Å². The van der Waals surface area contributed by atoms with Crippen LogP contribution in [0.1, 0.15) is 36.5 Å². The van der Waals surface area contributed by atoms with E-state index in [2.05, 4.69) is 5.43 Å². The molecule has 1 aliphatic carbocycles. The monoisotopic (exact) mass is 320 g/mol. The Balaban J connectivity index is 1.89. The molecule has 2 aliphatic rings. The van der Waals surface area contributed by atoms with Crippen molar-refractivity contribution in [2.45, 2.75) is 32.0 Å². The number of hydrogen-bond acceptors (Lipinski definition) is 7. The molecule has 1 aliphatic heterocycles. The Bertz CT molecular complexity index is 618. The molecule has 7 nitrogen and oxygen atoms in total. The highest BCUT2D eigenvalue weighted by atomic mass is 16.6. The van der Waals surface area contributed by atoms with E-state index in [1.54, 1.807) is 18.2 Å². The maximum Gasteiger partial charge on any atom is 0.315 e. The van der Waals surface area contributed by atoms with Crippen LogP contribution in [-0.2, 0) is 20.9 Å². The van der Waals surface area contributed by atoms with Gasteiger partial charge < -0.3 is 14.6 Å². The summed E-state index contributed by atoms with van der Waals surface area (Å²) in [7, 11) is 0. The zero-order valence-electron chi connectivity index (χ0n) is 12.7. The van der Waals surface area contributed by atoms with E-state index in [-0.39, 0.29) is 25.1 Å². The smallest absolute Gasteiger partial charge is 0.315 e. The molecule has 3 rings (SSSR count). The van der Waals surface area contributed by atoms with Gasteiger partial charge in [-0.15, -0.1) is 0 Å². The number of carbonyl (C=O) groups excluding carboxylic acids is 2. The predicted molar refractivity (Wildman–Crippen MR) is 79.9 cm³/mol. The van der Waals surface area contributed by atoms with Crippen LogP contribution in [0, 0.1) is 11.8 Å². The predicted octanol–water partition coefficient (Wildman–Crippen LogP) is 0.562. The van der Waals surface area contributed by atoms with E-state index in [1.807, 2.05) is 0 Å². The molecule has 0 aromatic heterocycles. The SMILES string of the molecule is NNCC(O)c1ccc2c(c1)COC(=O)C1CCCC1C(=O)O2. The first-order valence-electron chi connectivity index (χ1n) is 7.73. The fraction of sp³-hybridized carbons (Fsp3) is 0.500. The number of aliphatic hydroxyl groups excluding tert-OH is 1. The number of cyclic esters (lactones) is 1. The van der Waals surface area contributed by atoms with Crippen LogP contribution in [0.15, 0.2) is 18.2 Å². The van der Waals surface area contributed by atoms with Gasteiger partial charge in [0.2, 0.25) is 0 Å². The van der Waals surface area contributed by atoms with Gasteiger partial charge in [-0.1, -0.05) is 12.5 Å². The van der Waals surface area contributed by atoms with Gasteiger partial charge in [0.1, 0.15) is 12.4 Å². The largest absolute Gasteiger partial charge is 0.460 e. The molecule has 0 amide bonds. The van der Waals surface area contributed by atoms with Gasteiger partial charge in [-0.25, -0.2) is 0 Å². The topological polar surface area (TPSA) is 111 Å². The summed E-state index contributed by atoms with van der Waals surface area (Å²) in [6.07, 6.45) is 1.32. The fourth-order valence-electron chi connectivity index (χ4n) is 3.21. The molecule has 1 saturated carbocycles. The summed E-state index contributed by atoms with van der Waals surface area (Å²) in [4.78, 5) is 24.5. The number of ether oxygens (including phenoxy) is 2. The van der Waals surface area contributed by atoms with Crippen molar-refractivity contribution < 1.29 is 24.2 Å². The van der Waals surface area contributed by atoms with Crippen molar-refractivity contribution >= 4 is 11.9 Å². The maximum atomic E-state index is 12.3. The van der Waals surface area contributed by atoms with Crippen LogP contribution in [0.5, 0.6) is 5.75 Å². The minimum Gasteiger partial charge on any atom is -0.460 e. The molecule has 0 bridgehead atoms. The van der Waals surface area contributed by atoms with E-state index >= 15 is 0 Å². The number of hydrazine groups is 1. The Kier molecular flexibility index (Phi) is 4.61. The van der Waals surface area contributed by atoms with Crippen LogP contribution in [0.2, 0.25) is 0 Å². The lowest BCUT2D eigenvalue weighted by atomic mass is 9.96. The number of rotatable bonds is 3. The van der Waals surface area contributed by atoms with E-state index in [0.29, 0.717) is 29.7 Å². The molecule has 3 unspecified atom stereocenters. The minimum absolute atomic E-state index is 0.0152. The van der Waals surface area contributed by atoms with Gasteiger partial charge in [0.15, 0.2) is 0 Å². The van der Waals surface area contributed by atoms with E-state index in [1.165, 1.54) is 0 Å². The van der Waals surface area contributed by atoms with Crippen LogP contribution in [-0.4, -0.2) is 23.6 Å². The summed E-state index contributed by atoms with van der Waals surface area (Å²) in [6, 6.07) is 4.95. The van der Waals surface area contributed by atoms with Crippen molar-refractivity contribution in [1.29, 1.82) is 0 Å². The Morgan fingerprint density at radius 2 is 2.00 bits per heavy atom. The molecule has 1 aromatic rings. The molecule has 23 heavy (non-hydrogen) atoms. The van der Waals surface area contributed by atoms with Crippen LogP contribution < -0.4 is 16.0 Å². The second-order valence-corrected chi connectivity index (χ2v) is 5.96. The number of benzene rings is 1. The van der Waals surface area contributed by atoms with E-state index < -0.39 is 17.9 Å². The zero-order valence-corrected chi connectivity index (χ0v) is 12.7. The highest BCUT2D eigenvalue weighted by Crippen LogP contribution is 2.36. The third-order valence-electron chi connectivity index (χ3n) is 4.48. The first-order chi connectivity index (χ1) is 11.1. The Labute approximate surface area is 133 Å². The van der Waals surface area contributed by atoms with Crippen molar-refractivity contribution in [2.24, 2.45) is 17.7 Å².